The number of para-hydroxylation sites is 1. The fourth-order valence-electron chi connectivity index (χ4n) is 3.51. The smallest absolute Gasteiger partial charge is 0.271 e. The van der Waals surface area contributed by atoms with E-state index in [9.17, 15) is 20.0 Å². The van der Waals surface area contributed by atoms with Crippen molar-refractivity contribution in [1.82, 2.24) is 4.57 Å². The van der Waals surface area contributed by atoms with Crippen LogP contribution in [0.2, 0.25) is 0 Å². The number of unbranched alkanes of at least 4 members (excludes halogenated alkanes) is 2. The zero-order valence-corrected chi connectivity index (χ0v) is 18.2. The summed E-state index contributed by atoms with van der Waals surface area (Å²) in [6.07, 6.45) is 3.99. The lowest BCUT2D eigenvalue weighted by Crippen LogP contribution is -2.25. The molecule has 1 N–H and O–H groups in total. The number of hydrogen-bond donors (Lipinski definition) is 1. The van der Waals surface area contributed by atoms with Gasteiger partial charge in [0.1, 0.15) is 11.6 Å². The number of aromatic hydroxyl groups is 1. The first-order valence-corrected chi connectivity index (χ1v) is 10.6. The average molecular weight is 428 g/mol. The van der Waals surface area contributed by atoms with Gasteiger partial charge in [-0.05, 0) is 31.0 Å². The molecule has 0 atom stereocenters. The summed E-state index contributed by atoms with van der Waals surface area (Å²) < 4.78 is 1.23. The van der Waals surface area contributed by atoms with Crippen LogP contribution in [-0.2, 0) is 6.54 Å². The van der Waals surface area contributed by atoms with Crippen LogP contribution in [0.15, 0.2) is 64.4 Å². The van der Waals surface area contributed by atoms with Crippen molar-refractivity contribution in [1.29, 1.82) is 5.26 Å². The summed E-state index contributed by atoms with van der Waals surface area (Å²) >= 11 is 0. The first-order chi connectivity index (χ1) is 15.5. The normalized spacial score (nSPS) is 10.9. The van der Waals surface area contributed by atoms with Gasteiger partial charge >= 0.3 is 0 Å². The average Bonchev–Trinajstić information content (AvgIpc) is 2.82. The number of nitrogens with zero attached hydrogens (tertiary/aromatic N) is 3. The largest absolute Gasteiger partial charge is 0.494 e. The van der Waals surface area contributed by atoms with Crippen molar-refractivity contribution in [3.05, 3.63) is 92.8 Å². The summed E-state index contributed by atoms with van der Waals surface area (Å²) in [7, 11) is 0. The highest BCUT2D eigenvalue weighted by Crippen LogP contribution is 2.25. The van der Waals surface area contributed by atoms with Crippen LogP contribution in [0, 0.1) is 18.3 Å². The Morgan fingerprint density at radius 3 is 2.50 bits per heavy atom. The molecular weight excluding hydrogens is 402 g/mol. The van der Waals surface area contributed by atoms with E-state index in [0.29, 0.717) is 40.9 Å². The number of rotatable bonds is 8. The molecule has 1 aromatic heterocycles. The van der Waals surface area contributed by atoms with E-state index in [2.05, 4.69) is 4.99 Å². The number of nitriles is 1. The Morgan fingerprint density at radius 1 is 1.12 bits per heavy atom. The van der Waals surface area contributed by atoms with E-state index in [1.165, 1.54) is 10.8 Å². The Balaban J connectivity index is 2.06. The minimum atomic E-state index is -0.504. The molecule has 6 heteroatoms. The quantitative estimate of drug-likeness (QED) is 0.314. The number of aromatic nitrogens is 1. The Hall–Kier alpha value is -3.98. The lowest BCUT2D eigenvalue weighted by molar-refractivity contribution is 0.103. The minimum absolute atomic E-state index is 0.0191. The monoisotopic (exact) mass is 427 g/mol. The van der Waals surface area contributed by atoms with Crippen LogP contribution in [-0.4, -0.2) is 21.7 Å². The molecule has 1 heterocycles. The summed E-state index contributed by atoms with van der Waals surface area (Å²) in [5.74, 6) is -0.389. The summed E-state index contributed by atoms with van der Waals surface area (Å²) in [6.45, 7) is 3.97. The van der Waals surface area contributed by atoms with Gasteiger partial charge in [-0.1, -0.05) is 62.2 Å². The van der Waals surface area contributed by atoms with Gasteiger partial charge in [0.05, 0.1) is 11.3 Å². The highest BCUT2D eigenvalue weighted by molar-refractivity contribution is 6.12. The second-order valence-electron chi connectivity index (χ2n) is 7.48. The molecular formula is C26H25N3O3. The number of carbonyl (C=O) groups excluding carboxylic acids is 1. The van der Waals surface area contributed by atoms with Gasteiger partial charge < -0.3 is 5.11 Å². The molecule has 0 radical (unpaired) electrons. The summed E-state index contributed by atoms with van der Waals surface area (Å²) in [4.78, 5) is 30.1. The Morgan fingerprint density at radius 2 is 1.81 bits per heavy atom. The van der Waals surface area contributed by atoms with Crippen molar-refractivity contribution in [3.63, 3.8) is 0 Å². The van der Waals surface area contributed by atoms with Crippen LogP contribution in [0.4, 0.5) is 5.69 Å². The van der Waals surface area contributed by atoms with Crippen molar-refractivity contribution >= 4 is 17.7 Å². The molecule has 0 spiro atoms. The number of aliphatic imine (C=N–C) groups is 1. The van der Waals surface area contributed by atoms with Crippen LogP contribution in [0.5, 0.6) is 5.88 Å². The topological polar surface area (TPSA) is 95.4 Å². The predicted octanol–water partition coefficient (Wildman–Crippen LogP) is 4.91. The molecule has 2 aromatic carbocycles. The van der Waals surface area contributed by atoms with Gasteiger partial charge in [-0.25, -0.2) is 0 Å². The van der Waals surface area contributed by atoms with Crippen LogP contribution >= 0.6 is 0 Å². The van der Waals surface area contributed by atoms with Gasteiger partial charge in [0, 0.05) is 23.9 Å². The van der Waals surface area contributed by atoms with E-state index < -0.39 is 5.56 Å². The second-order valence-corrected chi connectivity index (χ2v) is 7.48. The molecule has 3 rings (SSSR count). The van der Waals surface area contributed by atoms with Gasteiger partial charge in [0.25, 0.3) is 5.56 Å². The molecule has 0 saturated carbocycles. The number of benzene rings is 2. The Kier molecular flexibility index (Phi) is 7.35. The van der Waals surface area contributed by atoms with Crippen molar-refractivity contribution in [2.45, 2.75) is 39.7 Å². The lowest BCUT2D eigenvalue weighted by atomic mass is 10.0. The Labute approximate surface area is 187 Å². The molecule has 32 heavy (non-hydrogen) atoms. The molecule has 0 aliphatic carbocycles. The van der Waals surface area contributed by atoms with E-state index in [-0.39, 0.29) is 17.2 Å². The maximum absolute atomic E-state index is 12.9. The second kappa shape index (κ2) is 10.4. The van der Waals surface area contributed by atoms with Crippen molar-refractivity contribution in [3.8, 4) is 11.9 Å². The van der Waals surface area contributed by atoms with E-state index in [0.717, 1.165) is 12.8 Å². The van der Waals surface area contributed by atoms with Crippen molar-refractivity contribution in [2.75, 3.05) is 0 Å². The lowest BCUT2D eigenvalue weighted by Gasteiger charge is -2.14. The standard InChI is InChI=1S/C26H25N3O3/c1-3-4-10-15-29-25(31)21(16-27)18(2)22(26(29)32)17-28-23-14-9-8-13-20(23)24(30)19-11-6-5-7-12-19/h5-9,11-14,17,32H,3-4,10,15H2,1-2H3. The first-order valence-electron chi connectivity index (χ1n) is 10.6. The molecule has 3 aromatic rings. The van der Waals surface area contributed by atoms with Gasteiger partial charge in [-0.2, -0.15) is 5.26 Å². The van der Waals surface area contributed by atoms with Gasteiger partial charge in [-0.3, -0.25) is 19.1 Å². The minimum Gasteiger partial charge on any atom is -0.494 e. The number of ketones is 1. The molecule has 0 bridgehead atoms. The third-order valence-electron chi connectivity index (χ3n) is 5.35. The molecule has 162 valence electrons. The number of pyridine rings is 1. The van der Waals surface area contributed by atoms with Crippen LogP contribution in [0.1, 0.15) is 58.8 Å². The highest BCUT2D eigenvalue weighted by atomic mass is 16.3. The van der Waals surface area contributed by atoms with Crippen molar-refractivity contribution < 1.29 is 9.90 Å². The van der Waals surface area contributed by atoms with E-state index in [1.54, 1.807) is 55.5 Å². The first kappa shape index (κ1) is 22.7. The third-order valence-corrected chi connectivity index (χ3v) is 5.35. The zero-order chi connectivity index (χ0) is 23.1. The number of carbonyl (C=O) groups is 1. The molecule has 0 fully saturated rings. The fourth-order valence-corrected chi connectivity index (χ4v) is 3.51. The zero-order valence-electron chi connectivity index (χ0n) is 18.2. The molecule has 0 aliphatic heterocycles. The van der Waals surface area contributed by atoms with E-state index >= 15 is 0 Å². The summed E-state index contributed by atoms with van der Waals surface area (Å²) in [5, 5.41) is 20.3. The maximum atomic E-state index is 12.9. The summed E-state index contributed by atoms with van der Waals surface area (Å²) in [5.41, 5.74) is 1.53. The molecule has 0 unspecified atom stereocenters. The van der Waals surface area contributed by atoms with E-state index in [4.69, 9.17) is 0 Å². The van der Waals surface area contributed by atoms with Gasteiger partial charge in [-0.15, -0.1) is 0 Å². The SMILES string of the molecule is CCCCCn1c(O)c(C=Nc2ccccc2C(=O)c2ccccc2)c(C)c(C#N)c1=O. The third kappa shape index (κ3) is 4.68. The molecule has 6 nitrogen and oxygen atoms in total. The summed E-state index contributed by atoms with van der Waals surface area (Å²) in [6, 6.07) is 17.8. The number of hydrogen-bond acceptors (Lipinski definition) is 5. The van der Waals surface area contributed by atoms with Gasteiger partial charge in [0.15, 0.2) is 5.78 Å². The van der Waals surface area contributed by atoms with Crippen molar-refractivity contribution in [2.24, 2.45) is 4.99 Å². The highest BCUT2D eigenvalue weighted by Gasteiger charge is 2.18. The molecule has 0 aliphatic rings. The predicted molar refractivity (Wildman–Crippen MR) is 125 cm³/mol. The van der Waals surface area contributed by atoms with Crippen LogP contribution < -0.4 is 5.56 Å². The Bertz CT molecular complexity index is 1250. The molecule has 0 amide bonds. The fraction of sp³-hybridized carbons (Fsp3) is 0.231. The van der Waals surface area contributed by atoms with Crippen LogP contribution in [0.3, 0.4) is 0 Å². The van der Waals surface area contributed by atoms with Crippen LogP contribution in [0.25, 0.3) is 0 Å². The molecule has 0 saturated heterocycles. The maximum Gasteiger partial charge on any atom is 0.271 e. The van der Waals surface area contributed by atoms with E-state index in [1.807, 2.05) is 19.1 Å². The van der Waals surface area contributed by atoms with Gasteiger partial charge in [0.2, 0.25) is 5.88 Å².